The number of amides is 1. The number of thiazole rings is 1. The molecule has 1 saturated carbocycles. The monoisotopic (exact) mass is 522 g/mol. The Morgan fingerprint density at radius 3 is 2.38 bits per heavy atom. The Kier molecular flexibility index (Phi) is 6.97. The van der Waals surface area contributed by atoms with E-state index in [1.807, 2.05) is 31.2 Å². The number of nitrogens with zero attached hydrogens (tertiary/aromatic N) is 2. The number of rotatable bonds is 8. The zero-order chi connectivity index (χ0) is 26.0. The second kappa shape index (κ2) is 10.3. The second-order valence-corrected chi connectivity index (χ2v) is 10.2. The molecule has 0 spiro atoms. The summed E-state index contributed by atoms with van der Waals surface area (Å²) in [6.07, 6.45) is -0.0754. The molecule has 0 radical (unpaired) electrons. The number of carbonyl (C=O) groups is 1. The Morgan fingerprint density at radius 1 is 1.00 bits per heavy atom. The normalized spacial score (nSPS) is 16.9. The van der Waals surface area contributed by atoms with Crippen LogP contribution in [0.5, 0.6) is 0 Å². The Labute approximate surface area is 216 Å². The number of aromatic nitrogens is 2. The molecule has 0 aliphatic heterocycles. The molecule has 4 aromatic rings. The van der Waals surface area contributed by atoms with Crippen LogP contribution in [0.2, 0.25) is 0 Å². The van der Waals surface area contributed by atoms with E-state index in [4.69, 9.17) is 0 Å². The van der Waals surface area contributed by atoms with Gasteiger partial charge in [-0.1, -0.05) is 24.3 Å². The van der Waals surface area contributed by atoms with E-state index in [0.717, 1.165) is 45.9 Å². The van der Waals surface area contributed by atoms with Crippen LogP contribution in [0.25, 0.3) is 10.6 Å². The lowest BCUT2D eigenvalue weighted by atomic mass is 10.1. The van der Waals surface area contributed by atoms with Crippen molar-refractivity contribution in [2.45, 2.75) is 38.5 Å². The summed E-state index contributed by atoms with van der Waals surface area (Å²) < 4.78 is 38.5. The van der Waals surface area contributed by atoms with Crippen molar-refractivity contribution in [3.05, 3.63) is 100 Å². The van der Waals surface area contributed by atoms with Crippen molar-refractivity contribution in [3.63, 3.8) is 0 Å². The van der Waals surface area contributed by atoms with Crippen LogP contribution in [0, 0.1) is 12.8 Å². The van der Waals surface area contributed by atoms with E-state index in [1.54, 1.807) is 12.4 Å². The van der Waals surface area contributed by atoms with Gasteiger partial charge in [-0.3, -0.25) is 9.78 Å². The van der Waals surface area contributed by atoms with Gasteiger partial charge in [0.15, 0.2) is 0 Å². The van der Waals surface area contributed by atoms with Gasteiger partial charge >= 0.3 is 6.18 Å². The van der Waals surface area contributed by atoms with Crippen molar-refractivity contribution in [1.29, 1.82) is 0 Å². The Balaban J connectivity index is 1.14. The lowest BCUT2D eigenvalue weighted by Crippen LogP contribution is -2.24. The summed E-state index contributed by atoms with van der Waals surface area (Å²) in [5.74, 6) is 0.319. The molecular formula is C28H25F3N4OS. The maximum atomic E-state index is 12.8. The van der Waals surface area contributed by atoms with Crippen molar-refractivity contribution in [1.82, 2.24) is 15.3 Å². The molecule has 1 aliphatic carbocycles. The van der Waals surface area contributed by atoms with Crippen molar-refractivity contribution in [2.24, 2.45) is 5.92 Å². The SMILES string of the molecule is Cc1nc(-c2ccc(C(F)(F)F)cc2)sc1CNc1ccc(C2CC2C(=O)NCc2ccncc2)cc1. The smallest absolute Gasteiger partial charge is 0.380 e. The van der Waals surface area contributed by atoms with Gasteiger partial charge in [0.05, 0.1) is 17.8 Å². The average molecular weight is 523 g/mol. The third kappa shape index (κ3) is 5.99. The average Bonchev–Trinajstić information content (AvgIpc) is 3.62. The molecule has 0 saturated heterocycles. The Morgan fingerprint density at radius 2 is 1.70 bits per heavy atom. The summed E-state index contributed by atoms with van der Waals surface area (Å²) in [5.41, 5.74) is 3.97. The van der Waals surface area contributed by atoms with E-state index in [2.05, 4.69) is 32.7 Å². The largest absolute Gasteiger partial charge is 0.416 e. The van der Waals surface area contributed by atoms with Crippen molar-refractivity contribution >= 4 is 22.9 Å². The van der Waals surface area contributed by atoms with E-state index in [-0.39, 0.29) is 17.7 Å². The van der Waals surface area contributed by atoms with Gasteiger partial charge in [-0.05, 0) is 66.8 Å². The number of hydrogen-bond acceptors (Lipinski definition) is 5. The van der Waals surface area contributed by atoms with Gasteiger partial charge < -0.3 is 10.6 Å². The first-order chi connectivity index (χ1) is 17.8. The van der Waals surface area contributed by atoms with E-state index < -0.39 is 11.7 Å². The third-order valence-electron chi connectivity index (χ3n) is 6.49. The fourth-order valence-electron chi connectivity index (χ4n) is 4.22. The van der Waals surface area contributed by atoms with Gasteiger partial charge in [-0.25, -0.2) is 4.98 Å². The number of nitrogens with one attached hydrogen (secondary N) is 2. The molecule has 2 heterocycles. The Hall–Kier alpha value is -3.72. The molecule has 2 unspecified atom stereocenters. The molecule has 1 aliphatic rings. The van der Waals surface area contributed by atoms with Crippen molar-refractivity contribution in [2.75, 3.05) is 5.32 Å². The molecule has 5 nitrogen and oxygen atoms in total. The van der Waals surface area contributed by atoms with Gasteiger partial charge in [-0.15, -0.1) is 11.3 Å². The van der Waals surface area contributed by atoms with Gasteiger partial charge in [0, 0.05) is 41.0 Å². The number of aryl methyl sites for hydroxylation is 1. The topological polar surface area (TPSA) is 66.9 Å². The third-order valence-corrected chi connectivity index (χ3v) is 7.69. The molecule has 2 atom stereocenters. The molecule has 1 fully saturated rings. The highest BCUT2D eigenvalue weighted by Crippen LogP contribution is 2.47. The maximum absolute atomic E-state index is 12.8. The zero-order valence-electron chi connectivity index (χ0n) is 20.0. The summed E-state index contributed by atoms with van der Waals surface area (Å²) in [6.45, 7) is 2.97. The minimum atomic E-state index is -4.35. The van der Waals surface area contributed by atoms with Crippen LogP contribution in [0.3, 0.4) is 0 Å². The van der Waals surface area contributed by atoms with E-state index in [9.17, 15) is 18.0 Å². The zero-order valence-corrected chi connectivity index (χ0v) is 20.9. The quantitative estimate of drug-likeness (QED) is 0.275. The van der Waals surface area contributed by atoms with Crippen LogP contribution in [0.4, 0.5) is 18.9 Å². The van der Waals surface area contributed by atoms with Crippen LogP contribution < -0.4 is 10.6 Å². The molecule has 5 rings (SSSR count). The fourth-order valence-corrected chi connectivity index (χ4v) is 5.23. The molecule has 1 amide bonds. The number of benzene rings is 2. The van der Waals surface area contributed by atoms with Crippen LogP contribution in [-0.4, -0.2) is 15.9 Å². The highest BCUT2D eigenvalue weighted by atomic mass is 32.1. The number of halogens is 3. The van der Waals surface area contributed by atoms with Crippen LogP contribution in [0.15, 0.2) is 73.1 Å². The number of anilines is 1. The van der Waals surface area contributed by atoms with Gasteiger partial charge in [0.1, 0.15) is 5.01 Å². The minimum absolute atomic E-state index is 0.00380. The number of alkyl halides is 3. The molecule has 9 heteroatoms. The van der Waals surface area contributed by atoms with Gasteiger partial charge in [0.25, 0.3) is 0 Å². The molecule has 2 aromatic carbocycles. The lowest BCUT2D eigenvalue weighted by molar-refractivity contribution is -0.137. The highest BCUT2D eigenvalue weighted by Gasteiger charge is 2.43. The molecule has 37 heavy (non-hydrogen) atoms. The van der Waals surface area contributed by atoms with Gasteiger partial charge in [-0.2, -0.15) is 13.2 Å². The van der Waals surface area contributed by atoms with E-state index in [1.165, 1.54) is 23.5 Å². The molecule has 2 N–H and O–H groups in total. The number of pyridine rings is 1. The predicted molar refractivity (Wildman–Crippen MR) is 138 cm³/mol. The molecule has 190 valence electrons. The minimum Gasteiger partial charge on any atom is -0.380 e. The predicted octanol–water partition coefficient (Wildman–Crippen LogP) is 6.56. The van der Waals surface area contributed by atoms with Crippen molar-refractivity contribution < 1.29 is 18.0 Å². The summed E-state index contributed by atoms with van der Waals surface area (Å²) in [6, 6.07) is 17.0. The molecule has 0 bridgehead atoms. The van der Waals surface area contributed by atoms with Gasteiger partial charge in [0.2, 0.25) is 5.91 Å². The summed E-state index contributed by atoms with van der Waals surface area (Å²) in [7, 11) is 0. The van der Waals surface area contributed by atoms with Crippen molar-refractivity contribution in [3.8, 4) is 10.6 Å². The molecular weight excluding hydrogens is 497 g/mol. The number of hydrogen-bond donors (Lipinski definition) is 2. The summed E-state index contributed by atoms with van der Waals surface area (Å²) in [4.78, 5) is 22.0. The Bertz CT molecular complexity index is 1370. The summed E-state index contributed by atoms with van der Waals surface area (Å²) >= 11 is 1.47. The highest BCUT2D eigenvalue weighted by molar-refractivity contribution is 7.15. The standard InChI is InChI=1S/C28H25F3N4OS/c1-17-25(37-27(35-17)20-2-6-21(7-3-20)28(29,30)31)16-33-22-8-4-19(5-9-22)23-14-24(23)26(36)34-15-18-10-12-32-13-11-18/h2-13,23-24,33H,14-16H2,1H3,(H,34,36). The van der Waals surface area contributed by atoms with E-state index >= 15 is 0 Å². The first-order valence-electron chi connectivity index (χ1n) is 11.9. The first kappa shape index (κ1) is 25.0. The first-order valence-corrected chi connectivity index (χ1v) is 12.7. The number of carbonyl (C=O) groups excluding carboxylic acids is 1. The lowest BCUT2D eigenvalue weighted by Gasteiger charge is -2.08. The second-order valence-electron chi connectivity index (χ2n) is 9.10. The van der Waals surface area contributed by atoms with Crippen LogP contribution in [0.1, 0.15) is 39.6 Å². The summed E-state index contributed by atoms with van der Waals surface area (Å²) in [5, 5.41) is 7.09. The fraction of sp³-hybridized carbons (Fsp3) is 0.250. The van der Waals surface area contributed by atoms with E-state index in [0.29, 0.717) is 23.7 Å². The van der Waals surface area contributed by atoms with Crippen LogP contribution >= 0.6 is 11.3 Å². The maximum Gasteiger partial charge on any atom is 0.416 e. The van der Waals surface area contributed by atoms with Crippen LogP contribution in [-0.2, 0) is 24.1 Å². The molecule has 2 aromatic heterocycles.